The van der Waals surface area contributed by atoms with E-state index in [4.69, 9.17) is 0 Å². The van der Waals surface area contributed by atoms with Crippen molar-refractivity contribution in [3.05, 3.63) is 0 Å². The van der Waals surface area contributed by atoms with Crippen LogP contribution in [0.25, 0.3) is 0 Å². The van der Waals surface area contributed by atoms with E-state index in [2.05, 4.69) is 38.9 Å². The van der Waals surface area contributed by atoms with E-state index in [0.29, 0.717) is 0 Å². The number of nitrogens with zero attached hydrogens (tertiary/aromatic N) is 4. The molecule has 1 aliphatic rings. The third kappa shape index (κ3) is 3.41. The number of hydrogen-bond acceptors (Lipinski definition) is 4. The van der Waals surface area contributed by atoms with Crippen molar-refractivity contribution in [1.29, 1.82) is 5.26 Å². The van der Waals surface area contributed by atoms with Crippen LogP contribution in [0.5, 0.6) is 0 Å². The van der Waals surface area contributed by atoms with Gasteiger partial charge in [-0.05, 0) is 11.8 Å². The van der Waals surface area contributed by atoms with Crippen LogP contribution in [0.4, 0.5) is 0 Å². The predicted molar refractivity (Wildman–Crippen MR) is 65.7 cm³/mol. The zero-order valence-electron chi connectivity index (χ0n) is 10.8. The van der Waals surface area contributed by atoms with E-state index >= 15 is 0 Å². The van der Waals surface area contributed by atoms with E-state index in [-0.39, 0.29) is 11.6 Å². The molecule has 4 heteroatoms. The highest BCUT2D eigenvalue weighted by Crippen LogP contribution is 2.20. The molecule has 0 N–H and O–H groups in total. The molecule has 16 heavy (non-hydrogen) atoms. The number of unbranched alkanes of at least 4 members (excludes halogenated alkanes) is 1. The molecular weight excluding hydrogens is 200 g/mol. The Balaban J connectivity index is 2.57. The third-order valence-corrected chi connectivity index (χ3v) is 2.46. The Morgan fingerprint density at radius 3 is 2.62 bits per heavy atom. The molecule has 0 radical (unpaired) electrons. The number of rotatable bonds is 4. The maximum Gasteiger partial charge on any atom is 0.207 e. The average molecular weight is 222 g/mol. The zero-order valence-corrected chi connectivity index (χ0v) is 10.8. The van der Waals surface area contributed by atoms with Gasteiger partial charge in [0.25, 0.3) is 0 Å². The molecule has 0 fully saturated rings. The molecule has 0 aromatic carbocycles. The normalized spacial score (nSPS) is 20.3. The van der Waals surface area contributed by atoms with E-state index in [1.807, 2.05) is 9.91 Å². The number of hydrogen-bond donors (Lipinski definition) is 0. The summed E-state index contributed by atoms with van der Waals surface area (Å²) in [4.78, 5) is 2.02. The molecule has 1 unspecified atom stereocenters. The van der Waals surface area contributed by atoms with Gasteiger partial charge < -0.3 is 4.90 Å². The fourth-order valence-corrected chi connectivity index (χ4v) is 1.75. The molecule has 90 valence electrons. The maximum absolute atomic E-state index is 9.19. The first-order chi connectivity index (χ1) is 7.48. The maximum atomic E-state index is 9.19. The van der Waals surface area contributed by atoms with Crippen molar-refractivity contribution in [1.82, 2.24) is 9.91 Å². The van der Waals surface area contributed by atoms with Crippen molar-refractivity contribution in [2.24, 2.45) is 10.5 Å². The molecule has 0 aliphatic carbocycles. The van der Waals surface area contributed by atoms with E-state index in [0.717, 1.165) is 25.9 Å². The number of nitriles is 1. The molecule has 4 nitrogen and oxygen atoms in total. The summed E-state index contributed by atoms with van der Waals surface area (Å²) >= 11 is 0. The van der Waals surface area contributed by atoms with Crippen LogP contribution in [-0.2, 0) is 0 Å². The smallest absolute Gasteiger partial charge is 0.207 e. The summed E-state index contributed by atoms with van der Waals surface area (Å²) in [6.07, 6.45) is 3.79. The Hall–Kier alpha value is -1.24. The van der Waals surface area contributed by atoms with Crippen LogP contribution in [0.3, 0.4) is 0 Å². The summed E-state index contributed by atoms with van der Waals surface area (Å²) in [5.41, 5.74) is 0.182. The van der Waals surface area contributed by atoms with Crippen molar-refractivity contribution in [2.75, 3.05) is 13.1 Å². The van der Waals surface area contributed by atoms with Crippen LogP contribution < -0.4 is 0 Å². The quantitative estimate of drug-likeness (QED) is 0.732. The second-order valence-electron chi connectivity index (χ2n) is 5.48. The lowest BCUT2D eigenvalue weighted by Crippen LogP contribution is -2.42. The van der Waals surface area contributed by atoms with Gasteiger partial charge in [-0.25, -0.2) is 0 Å². The van der Waals surface area contributed by atoms with Gasteiger partial charge >= 0.3 is 0 Å². The highest BCUT2D eigenvalue weighted by atomic mass is 15.6. The Bertz CT molecular complexity index is 284. The van der Waals surface area contributed by atoms with Gasteiger partial charge in [0.05, 0.1) is 0 Å². The monoisotopic (exact) mass is 222 g/mol. The van der Waals surface area contributed by atoms with Crippen molar-refractivity contribution in [3.63, 3.8) is 0 Å². The largest absolute Gasteiger partial charge is 0.327 e. The standard InChI is InChI=1S/C12H22N4/c1-5-6-7-16-11(8-13)15(10-14-16)9-12(2,3)4/h10-11H,5-7,9H2,1-4H3. The minimum atomic E-state index is -0.217. The number of hydrazone groups is 1. The second-order valence-corrected chi connectivity index (χ2v) is 5.48. The van der Waals surface area contributed by atoms with E-state index in [9.17, 15) is 5.26 Å². The lowest BCUT2D eigenvalue weighted by atomic mass is 9.96. The van der Waals surface area contributed by atoms with Crippen molar-refractivity contribution in [2.45, 2.75) is 46.7 Å². The molecule has 1 rings (SSSR count). The minimum absolute atomic E-state index is 0.182. The molecule has 1 atom stereocenters. The third-order valence-electron chi connectivity index (χ3n) is 2.46. The lowest BCUT2D eigenvalue weighted by Gasteiger charge is -2.30. The van der Waals surface area contributed by atoms with Gasteiger partial charge in [0.15, 0.2) is 0 Å². The van der Waals surface area contributed by atoms with Crippen LogP contribution in [-0.4, -0.2) is 35.5 Å². The summed E-state index contributed by atoms with van der Waals surface area (Å²) in [5, 5.41) is 15.4. The van der Waals surface area contributed by atoms with Crippen molar-refractivity contribution >= 4 is 6.34 Å². The minimum Gasteiger partial charge on any atom is -0.327 e. The molecule has 0 spiro atoms. The topological polar surface area (TPSA) is 42.6 Å². The van der Waals surface area contributed by atoms with Crippen LogP contribution in [0.15, 0.2) is 5.10 Å². The van der Waals surface area contributed by atoms with Gasteiger partial charge in [0.1, 0.15) is 12.4 Å². The molecule has 1 heterocycles. The predicted octanol–water partition coefficient (Wildman–Crippen LogP) is 2.24. The highest BCUT2D eigenvalue weighted by molar-refractivity contribution is 5.58. The molecule has 0 bridgehead atoms. The molecule has 0 aromatic rings. The summed E-state index contributed by atoms with van der Waals surface area (Å²) in [6.45, 7) is 10.4. The zero-order chi connectivity index (χ0) is 12.2. The van der Waals surface area contributed by atoms with E-state index < -0.39 is 0 Å². The molecular formula is C12H22N4. The molecule has 0 amide bonds. The van der Waals surface area contributed by atoms with Crippen LogP contribution >= 0.6 is 0 Å². The summed E-state index contributed by atoms with van der Waals surface area (Å²) in [6, 6.07) is 2.32. The lowest BCUT2D eigenvalue weighted by molar-refractivity contribution is 0.147. The Labute approximate surface area is 98.5 Å². The van der Waals surface area contributed by atoms with Gasteiger partial charge in [-0.15, -0.1) is 0 Å². The van der Waals surface area contributed by atoms with Gasteiger partial charge in [0.2, 0.25) is 6.17 Å². The molecule has 0 aromatic heterocycles. The fraction of sp³-hybridized carbons (Fsp3) is 0.833. The van der Waals surface area contributed by atoms with Crippen LogP contribution in [0.2, 0.25) is 0 Å². The van der Waals surface area contributed by atoms with Crippen molar-refractivity contribution in [3.8, 4) is 6.07 Å². The second kappa shape index (κ2) is 5.20. The summed E-state index contributed by atoms with van der Waals surface area (Å²) in [7, 11) is 0. The average Bonchev–Trinajstić information content (AvgIpc) is 2.54. The molecule has 0 saturated carbocycles. The first-order valence-corrected chi connectivity index (χ1v) is 5.94. The first-order valence-electron chi connectivity index (χ1n) is 5.94. The van der Waals surface area contributed by atoms with Gasteiger partial charge in [-0.3, -0.25) is 5.01 Å². The Morgan fingerprint density at radius 2 is 2.12 bits per heavy atom. The van der Waals surface area contributed by atoms with Gasteiger partial charge in [-0.2, -0.15) is 10.4 Å². The van der Waals surface area contributed by atoms with Gasteiger partial charge in [-0.1, -0.05) is 34.1 Å². The Morgan fingerprint density at radius 1 is 1.44 bits per heavy atom. The van der Waals surface area contributed by atoms with E-state index in [1.165, 1.54) is 0 Å². The van der Waals surface area contributed by atoms with Crippen LogP contribution in [0.1, 0.15) is 40.5 Å². The Kier molecular flexibility index (Phi) is 4.17. The molecule has 0 saturated heterocycles. The summed E-state index contributed by atoms with van der Waals surface area (Å²) in [5.74, 6) is 0. The summed E-state index contributed by atoms with van der Waals surface area (Å²) < 4.78 is 0. The SMILES string of the molecule is CCCCN1N=CN(CC(C)(C)C)C1C#N. The molecule has 1 aliphatic heterocycles. The first kappa shape index (κ1) is 12.8. The highest BCUT2D eigenvalue weighted by Gasteiger charge is 2.29. The van der Waals surface area contributed by atoms with Gasteiger partial charge in [0, 0.05) is 13.1 Å². The van der Waals surface area contributed by atoms with E-state index in [1.54, 1.807) is 6.34 Å². The van der Waals surface area contributed by atoms with Crippen LogP contribution in [0, 0.1) is 16.7 Å². The fourth-order valence-electron chi connectivity index (χ4n) is 1.75. The van der Waals surface area contributed by atoms with Crippen molar-refractivity contribution < 1.29 is 0 Å².